The molecule has 1 aromatic rings. The van der Waals surface area contributed by atoms with E-state index in [0.717, 1.165) is 13.0 Å². The topological polar surface area (TPSA) is 41.5 Å². The van der Waals surface area contributed by atoms with Crippen LogP contribution in [-0.2, 0) is 11.2 Å². The van der Waals surface area contributed by atoms with Crippen molar-refractivity contribution < 1.29 is 9.84 Å². The van der Waals surface area contributed by atoms with Crippen molar-refractivity contribution in [1.82, 2.24) is 0 Å². The summed E-state index contributed by atoms with van der Waals surface area (Å²) in [5, 5.41) is 12.0. The molecule has 1 aromatic carbocycles. The van der Waals surface area contributed by atoms with Gasteiger partial charge in [0, 0.05) is 12.2 Å². The Bertz CT molecular complexity index is 302. The highest BCUT2D eigenvalue weighted by atomic mass is 16.5. The second kappa shape index (κ2) is 9.02. The van der Waals surface area contributed by atoms with Crippen molar-refractivity contribution >= 4 is 5.69 Å². The van der Waals surface area contributed by atoms with Crippen LogP contribution < -0.4 is 5.32 Å². The number of aryl methyl sites for hydroxylation is 1. The zero-order valence-electron chi connectivity index (χ0n) is 10.6. The van der Waals surface area contributed by atoms with Crippen LogP contribution in [0.1, 0.15) is 25.3 Å². The molecule has 3 nitrogen and oxygen atoms in total. The summed E-state index contributed by atoms with van der Waals surface area (Å²) in [7, 11) is 0. The van der Waals surface area contributed by atoms with Gasteiger partial charge in [0.2, 0.25) is 0 Å². The van der Waals surface area contributed by atoms with E-state index >= 15 is 0 Å². The molecule has 0 radical (unpaired) electrons. The molecule has 1 rings (SSSR count). The second-order valence-electron chi connectivity index (χ2n) is 4.02. The first-order chi connectivity index (χ1) is 8.38. The number of para-hydroxylation sites is 1. The summed E-state index contributed by atoms with van der Waals surface area (Å²) >= 11 is 0. The average Bonchev–Trinajstić information content (AvgIpc) is 2.37. The van der Waals surface area contributed by atoms with Crippen molar-refractivity contribution in [2.75, 3.05) is 31.7 Å². The largest absolute Gasteiger partial charge is 0.394 e. The lowest BCUT2D eigenvalue weighted by Crippen LogP contribution is -2.12. The molecule has 2 N–H and O–H groups in total. The van der Waals surface area contributed by atoms with Gasteiger partial charge in [0.1, 0.15) is 0 Å². The molecule has 96 valence electrons. The first kappa shape index (κ1) is 14.0. The standard InChI is InChI=1S/C14H23NO2/c1-2-3-6-13-7-4-5-8-14(13)15-9-11-17-12-10-16/h4-5,7-8,15-16H,2-3,6,9-12H2,1H3. The van der Waals surface area contributed by atoms with Crippen molar-refractivity contribution in [1.29, 1.82) is 0 Å². The van der Waals surface area contributed by atoms with Gasteiger partial charge in [-0.05, 0) is 24.5 Å². The number of rotatable bonds is 9. The molecule has 0 bridgehead atoms. The SMILES string of the molecule is CCCCc1ccccc1NCCOCCO. The lowest BCUT2D eigenvalue weighted by molar-refractivity contribution is 0.0992. The third-order valence-electron chi connectivity index (χ3n) is 2.61. The molecular weight excluding hydrogens is 214 g/mol. The number of aliphatic hydroxyl groups excluding tert-OH is 1. The zero-order valence-corrected chi connectivity index (χ0v) is 10.6. The Morgan fingerprint density at radius 1 is 1.24 bits per heavy atom. The Balaban J connectivity index is 2.35. The minimum absolute atomic E-state index is 0.0904. The minimum atomic E-state index is 0.0904. The lowest BCUT2D eigenvalue weighted by Gasteiger charge is -2.11. The van der Waals surface area contributed by atoms with Gasteiger partial charge in [0.25, 0.3) is 0 Å². The number of hydrogen-bond acceptors (Lipinski definition) is 3. The van der Waals surface area contributed by atoms with Gasteiger partial charge in [-0.1, -0.05) is 31.5 Å². The molecule has 0 aliphatic rings. The van der Waals surface area contributed by atoms with Crippen LogP contribution in [0, 0.1) is 0 Å². The summed E-state index contributed by atoms with van der Waals surface area (Å²) in [6.07, 6.45) is 3.56. The van der Waals surface area contributed by atoms with E-state index in [1.54, 1.807) is 0 Å². The Labute approximate surface area is 104 Å². The first-order valence-corrected chi connectivity index (χ1v) is 6.39. The van der Waals surface area contributed by atoms with Crippen molar-refractivity contribution in [3.63, 3.8) is 0 Å². The molecule has 0 aromatic heterocycles. The minimum Gasteiger partial charge on any atom is -0.394 e. The lowest BCUT2D eigenvalue weighted by atomic mass is 10.1. The highest BCUT2D eigenvalue weighted by molar-refractivity contribution is 5.51. The summed E-state index contributed by atoms with van der Waals surface area (Å²) in [6.45, 7) is 4.12. The summed E-state index contributed by atoms with van der Waals surface area (Å²) < 4.78 is 5.21. The van der Waals surface area contributed by atoms with Gasteiger partial charge in [-0.3, -0.25) is 0 Å². The maximum absolute atomic E-state index is 8.58. The van der Waals surface area contributed by atoms with E-state index in [-0.39, 0.29) is 6.61 Å². The van der Waals surface area contributed by atoms with E-state index in [4.69, 9.17) is 9.84 Å². The normalized spacial score (nSPS) is 10.5. The average molecular weight is 237 g/mol. The van der Waals surface area contributed by atoms with E-state index in [1.165, 1.54) is 24.1 Å². The van der Waals surface area contributed by atoms with Crippen LogP contribution in [0.15, 0.2) is 24.3 Å². The maximum atomic E-state index is 8.58. The molecule has 0 atom stereocenters. The number of aliphatic hydroxyl groups is 1. The molecule has 3 heteroatoms. The molecule has 0 amide bonds. The molecule has 0 spiro atoms. The van der Waals surface area contributed by atoms with Crippen LogP contribution in [0.5, 0.6) is 0 Å². The van der Waals surface area contributed by atoms with E-state index in [1.807, 2.05) is 6.07 Å². The van der Waals surface area contributed by atoms with Crippen molar-refractivity contribution in [3.05, 3.63) is 29.8 Å². The van der Waals surface area contributed by atoms with Gasteiger partial charge in [-0.15, -0.1) is 0 Å². The predicted octanol–water partition coefficient (Wildman–Crippen LogP) is 2.45. The summed E-state index contributed by atoms with van der Waals surface area (Å²) in [6, 6.07) is 8.41. The predicted molar refractivity (Wildman–Crippen MR) is 71.4 cm³/mol. The van der Waals surface area contributed by atoms with Gasteiger partial charge in [0.05, 0.1) is 19.8 Å². The van der Waals surface area contributed by atoms with E-state index < -0.39 is 0 Å². The van der Waals surface area contributed by atoms with Gasteiger partial charge < -0.3 is 15.2 Å². The third kappa shape index (κ3) is 5.71. The van der Waals surface area contributed by atoms with Crippen molar-refractivity contribution in [2.24, 2.45) is 0 Å². The number of benzene rings is 1. The number of ether oxygens (including phenoxy) is 1. The number of nitrogens with one attached hydrogen (secondary N) is 1. The summed E-state index contributed by atoms with van der Waals surface area (Å²) in [5.41, 5.74) is 2.57. The molecule has 0 saturated heterocycles. The Hall–Kier alpha value is -1.06. The Morgan fingerprint density at radius 3 is 2.82 bits per heavy atom. The number of unbranched alkanes of at least 4 members (excludes halogenated alkanes) is 1. The van der Waals surface area contributed by atoms with Gasteiger partial charge >= 0.3 is 0 Å². The molecule has 0 heterocycles. The van der Waals surface area contributed by atoms with E-state index in [9.17, 15) is 0 Å². The third-order valence-corrected chi connectivity index (χ3v) is 2.61. The van der Waals surface area contributed by atoms with Gasteiger partial charge in [-0.2, -0.15) is 0 Å². The van der Waals surface area contributed by atoms with Gasteiger partial charge in [0.15, 0.2) is 0 Å². The van der Waals surface area contributed by atoms with E-state index in [2.05, 4.69) is 30.4 Å². The molecule has 0 saturated carbocycles. The number of anilines is 1. The maximum Gasteiger partial charge on any atom is 0.0698 e. The van der Waals surface area contributed by atoms with Crippen molar-refractivity contribution in [3.8, 4) is 0 Å². The van der Waals surface area contributed by atoms with Crippen LogP contribution >= 0.6 is 0 Å². The highest BCUT2D eigenvalue weighted by Crippen LogP contribution is 2.17. The molecule has 0 unspecified atom stereocenters. The van der Waals surface area contributed by atoms with Crippen LogP contribution in [0.4, 0.5) is 5.69 Å². The second-order valence-corrected chi connectivity index (χ2v) is 4.02. The Kier molecular flexibility index (Phi) is 7.43. The van der Waals surface area contributed by atoms with Crippen LogP contribution in [-0.4, -0.2) is 31.5 Å². The molecule has 0 fully saturated rings. The molecule has 0 aliphatic heterocycles. The molecular formula is C14H23NO2. The summed E-state index contributed by atoms with van der Waals surface area (Å²) in [4.78, 5) is 0. The highest BCUT2D eigenvalue weighted by Gasteiger charge is 2.00. The fraction of sp³-hybridized carbons (Fsp3) is 0.571. The quantitative estimate of drug-likeness (QED) is 0.648. The Morgan fingerprint density at radius 2 is 2.06 bits per heavy atom. The number of hydrogen-bond donors (Lipinski definition) is 2. The molecule has 0 aliphatic carbocycles. The van der Waals surface area contributed by atoms with Crippen LogP contribution in [0.25, 0.3) is 0 Å². The fourth-order valence-corrected chi connectivity index (χ4v) is 1.70. The van der Waals surface area contributed by atoms with Crippen LogP contribution in [0.2, 0.25) is 0 Å². The fourth-order valence-electron chi connectivity index (χ4n) is 1.70. The molecule has 17 heavy (non-hydrogen) atoms. The van der Waals surface area contributed by atoms with E-state index in [0.29, 0.717) is 13.2 Å². The smallest absolute Gasteiger partial charge is 0.0698 e. The monoisotopic (exact) mass is 237 g/mol. The zero-order chi connectivity index (χ0) is 12.3. The summed E-state index contributed by atoms with van der Waals surface area (Å²) in [5.74, 6) is 0. The van der Waals surface area contributed by atoms with Gasteiger partial charge in [-0.25, -0.2) is 0 Å². The van der Waals surface area contributed by atoms with Crippen LogP contribution in [0.3, 0.4) is 0 Å². The first-order valence-electron chi connectivity index (χ1n) is 6.39. The van der Waals surface area contributed by atoms with Crippen molar-refractivity contribution in [2.45, 2.75) is 26.2 Å².